The molecule has 4 heteroatoms. The summed E-state index contributed by atoms with van der Waals surface area (Å²) in [4.78, 5) is 0. The summed E-state index contributed by atoms with van der Waals surface area (Å²) in [6.45, 7) is 1.81. The van der Waals surface area contributed by atoms with E-state index in [1.54, 1.807) is 7.11 Å². The Kier molecular flexibility index (Phi) is 5.18. The highest BCUT2D eigenvalue weighted by Crippen LogP contribution is 2.33. The standard InChI is InChI=1S/C20H28O4/c1-21-17-12-23-20-18(13-24-19(17)20)22-11-14-7-9-16(10-8-14)15-5-3-2-4-6-15/h7-10,15,17-20H,2-6,11-13H2,1H3. The van der Waals surface area contributed by atoms with Crippen LogP contribution in [0.1, 0.15) is 49.1 Å². The van der Waals surface area contributed by atoms with Crippen LogP contribution in [0.15, 0.2) is 24.3 Å². The minimum absolute atomic E-state index is 0.00757. The van der Waals surface area contributed by atoms with Crippen LogP contribution < -0.4 is 0 Å². The first-order valence-electron chi connectivity index (χ1n) is 9.31. The van der Waals surface area contributed by atoms with Crippen LogP contribution in [0.25, 0.3) is 0 Å². The molecule has 2 heterocycles. The molecule has 1 aliphatic carbocycles. The Hall–Kier alpha value is -0.940. The summed E-state index contributed by atoms with van der Waals surface area (Å²) in [6.07, 6.45) is 6.92. The molecular weight excluding hydrogens is 304 g/mol. The number of ether oxygens (including phenoxy) is 4. The average Bonchev–Trinajstić information content (AvgIpc) is 3.23. The summed E-state index contributed by atoms with van der Waals surface area (Å²) >= 11 is 0. The van der Waals surface area contributed by atoms with Gasteiger partial charge in [0, 0.05) is 7.11 Å². The van der Waals surface area contributed by atoms with Gasteiger partial charge in [0.15, 0.2) is 0 Å². The van der Waals surface area contributed by atoms with Crippen LogP contribution in [-0.4, -0.2) is 44.7 Å². The van der Waals surface area contributed by atoms with Gasteiger partial charge < -0.3 is 18.9 Å². The zero-order valence-corrected chi connectivity index (χ0v) is 14.5. The molecule has 0 aromatic heterocycles. The number of rotatable bonds is 5. The fourth-order valence-electron chi connectivity index (χ4n) is 4.30. The average molecular weight is 332 g/mol. The van der Waals surface area contributed by atoms with E-state index in [0.717, 1.165) is 5.92 Å². The largest absolute Gasteiger partial charge is 0.376 e. The highest BCUT2D eigenvalue weighted by Gasteiger charge is 2.48. The van der Waals surface area contributed by atoms with Gasteiger partial charge in [-0.05, 0) is 29.9 Å². The number of methoxy groups -OCH3 is 1. The molecule has 4 nitrogen and oxygen atoms in total. The fraction of sp³-hybridized carbons (Fsp3) is 0.700. The van der Waals surface area contributed by atoms with Gasteiger partial charge in [-0.3, -0.25) is 0 Å². The lowest BCUT2D eigenvalue weighted by Gasteiger charge is -2.22. The Morgan fingerprint density at radius 1 is 0.917 bits per heavy atom. The van der Waals surface area contributed by atoms with Crippen LogP contribution in [-0.2, 0) is 25.6 Å². The molecule has 24 heavy (non-hydrogen) atoms. The number of hydrogen-bond acceptors (Lipinski definition) is 4. The third kappa shape index (κ3) is 3.38. The molecule has 3 fully saturated rings. The third-order valence-corrected chi connectivity index (χ3v) is 5.79. The molecule has 4 atom stereocenters. The van der Waals surface area contributed by atoms with Crippen molar-refractivity contribution >= 4 is 0 Å². The summed E-state index contributed by atoms with van der Waals surface area (Å²) in [5.74, 6) is 0.760. The highest BCUT2D eigenvalue weighted by atomic mass is 16.6. The van der Waals surface area contributed by atoms with Gasteiger partial charge in [-0.15, -0.1) is 0 Å². The molecule has 4 unspecified atom stereocenters. The van der Waals surface area contributed by atoms with Crippen LogP contribution in [0, 0.1) is 0 Å². The molecule has 0 N–H and O–H groups in total. The smallest absolute Gasteiger partial charge is 0.115 e. The van der Waals surface area contributed by atoms with Gasteiger partial charge in [-0.25, -0.2) is 0 Å². The maximum atomic E-state index is 6.08. The normalized spacial score (nSPS) is 33.7. The second kappa shape index (κ2) is 7.52. The van der Waals surface area contributed by atoms with Gasteiger partial charge in [0.2, 0.25) is 0 Å². The molecule has 0 spiro atoms. The van der Waals surface area contributed by atoms with E-state index in [2.05, 4.69) is 24.3 Å². The monoisotopic (exact) mass is 332 g/mol. The Balaban J connectivity index is 1.30. The SMILES string of the molecule is COC1COC2C(OCc3ccc(C4CCCCC4)cc3)COC12. The van der Waals surface area contributed by atoms with Gasteiger partial charge in [0.25, 0.3) is 0 Å². The molecule has 2 aliphatic heterocycles. The third-order valence-electron chi connectivity index (χ3n) is 5.79. The summed E-state index contributed by atoms with van der Waals surface area (Å²) in [5.41, 5.74) is 2.71. The number of hydrogen-bond donors (Lipinski definition) is 0. The number of fused-ring (bicyclic) bond motifs is 1. The second-order valence-corrected chi connectivity index (χ2v) is 7.30. The van der Waals surface area contributed by atoms with Gasteiger partial charge in [0.1, 0.15) is 24.4 Å². The molecular formula is C20H28O4. The van der Waals surface area contributed by atoms with Crippen LogP contribution in [0.3, 0.4) is 0 Å². The molecule has 1 aromatic carbocycles. The van der Waals surface area contributed by atoms with Gasteiger partial charge in [0.05, 0.1) is 19.8 Å². The van der Waals surface area contributed by atoms with Crippen molar-refractivity contribution in [2.45, 2.75) is 69.0 Å². The first-order valence-corrected chi connectivity index (χ1v) is 9.31. The van der Waals surface area contributed by atoms with Crippen molar-refractivity contribution in [3.8, 4) is 0 Å². The Morgan fingerprint density at radius 2 is 1.58 bits per heavy atom. The molecule has 3 aliphatic rings. The quantitative estimate of drug-likeness (QED) is 0.828. The molecule has 1 aromatic rings. The van der Waals surface area contributed by atoms with Crippen molar-refractivity contribution in [1.29, 1.82) is 0 Å². The number of benzene rings is 1. The van der Waals surface area contributed by atoms with Gasteiger partial charge >= 0.3 is 0 Å². The zero-order chi connectivity index (χ0) is 16.4. The summed E-state index contributed by atoms with van der Waals surface area (Å²) in [5, 5.41) is 0. The molecule has 1 saturated carbocycles. The van der Waals surface area contributed by atoms with E-state index in [-0.39, 0.29) is 24.4 Å². The fourth-order valence-corrected chi connectivity index (χ4v) is 4.30. The van der Waals surface area contributed by atoms with E-state index in [1.165, 1.54) is 43.2 Å². The van der Waals surface area contributed by atoms with E-state index in [4.69, 9.17) is 18.9 Å². The van der Waals surface area contributed by atoms with Gasteiger partial charge in [-0.2, -0.15) is 0 Å². The van der Waals surface area contributed by atoms with E-state index < -0.39 is 0 Å². The predicted octanol–water partition coefficient (Wildman–Crippen LogP) is 3.43. The highest BCUT2D eigenvalue weighted by molar-refractivity contribution is 5.25. The molecule has 0 bridgehead atoms. The van der Waals surface area contributed by atoms with Crippen molar-refractivity contribution in [2.75, 3.05) is 20.3 Å². The lowest BCUT2D eigenvalue weighted by atomic mass is 9.84. The van der Waals surface area contributed by atoms with E-state index in [9.17, 15) is 0 Å². The zero-order valence-electron chi connectivity index (χ0n) is 14.5. The first kappa shape index (κ1) is 16.5. The molecule has 0 amide bonds. The van der Waals surface area contributed by atoms with Crippen molar-refractivity contribution < 1.29 is 18.9 Å². The van der Waals surface area contributed by atoms with Crippen LogP contribution in [0.2, 0.25) is 0 Å². The minimum Gasteiger partial charge on any atom is -0.376 e. The molecule has 2 saturated heterocycles. The van der Waals surface area contributed by atoms with Crippen molar-refractivity contribution in [3.05, 3.63) is 35.4 Å². The Morgan fingerprint density at radius 3 is 2.29 bits per heavy atom. The van der Waals surface area contributed by atoms with Crippen molar-refractivity contribution in [2.24, 2.45) is 0 Å². The molecule has 132 valence electrons. The van der Waals surface area contributed by atoms with Crippen molar-refractivity contribution in [1.82, 2.24) is 0 Å². The van der Waals surface area contributed by atoms with E-state index in [1.807, 2.05) is 0 Å². The lowest BCUT2D eigenvalue weighted by molar-refractivity contribution is -0.0477. The maximum absolute atomic E-state index is 6.08. The lowest BCUT2D eigenvalue weighted by Crippen LogP contribution is -2.33. The van der Waals surface area contributed by atoms with Crippen LogP contribution in [0.4, 0.5) is 0 Å². The molecule has 0 radical (unpaired) electrons. The van der Waals surface area contributed by atoms with E-state index in [0.29, 0.717) is 19.8 Å². The maximum Gasteiger partial charge on any atom is 0.115 e. The summed E-state index contributed by atoms with van der Waals surface area (Å²) in [7, 11) is 1.71. The first-order chi connectivity index (χ1) is 11.8. The topological polar surface area (TPSA) is 36.9 Å². The Labute approximate surface area is 144 Å². The van der Waals surface area contributed by atoms with Crippen LogP contribution >= 0.6 is 0 Å². The van der Waals surface area contributed by atoms with E-state index >= 15 is 0 Å². The predicted molar refractivity (Wildman–Crippen MR) is 91.1 cm³/mol. The summed E-state index contributed by atoms with van der Waals surface area (Å²) < 4.78 is 23.1. The molecule has 4 rings (SSSR count). The van der Waals surface area contributed by atoms with Crippen LogP contribution in [0.5, 0.6) is 0 Å². The second-order valence-electron chi connectivity index (χ2n) is 7.30. The van der Waals surface area contributed by atoms with Gasteiger partial charge in [-0.1, -0.05) is 43.5 Å². The van der Waals surface area contributed by atoms with Crippen molar-refractivity contribution in [3.63, 3.8) is 0 Å². The minimum atomic E-state index is 0.00757. The summed E-state index contributed by atoms with van der Waals surface area (Å²) in [6, 6.07) is 9.00. The Bertz CT molecular complexity index is 523.